The molecule has 0 saturated heterocycles. The summed E-state index contributed by atoms with van der Waals surface area (Å²) in [5.41, 5.74) is -2.50. The van der Waals surface area contributed by atoms with Gasteiger partial charge in [0.2, 0.25) is 0 Å². The van der Waals surface area contributed by atoms with Gasteiger partial charge in [-0.1, -0.05) is 0 Å². The van der Waals surface area contributed by atoms with Gasteiger partial charge in [0.05, 0.1) is 22.7 Å². The van der Waals surface area contributed by atoms with E-state index < -0.39 is 33.8 Å². The number of hydrogen-bond donors (Lipinski definition) is 1. The molecule has 0 aromatic rings. The van der Waals surface area contributed by atoms with Crippen LogP contribution in [0.2, 0.25) is 0 Å². The summed E-state index contributed by atoms with van der Waals surface area (Å²) in [4.78, 5) is 29.9. The first-order chi connectivity index (χ1) is 7.75. The van der Waals surface area contributed by atoms with E-state index in [1.165, 1.54) is 6.92 Å². The van der Waals surface area contributed by atoms with Crippen LogP contribution in [-0.4, -0.2) is 26.6 Å². The quantitative estimate of drug-likeness (QED) is 0.318. The SMILES string of the molecule is CC#CCC(CC(C)([N+](=O)[O-])[N+](=O)[O-])C(=O)O. The molecule has 0 aromatic heterocycles. The molecule has 0 rings (SSSR count). The van der Waals surface area contributed by atoms with Crippen molar-refractivity contribution in [2.45, 2.75) is 32.4 Å². The lowest BCUT2D eigenvalue weighted by Gasteiger charge is -2.15. The Balaban J connectivity index is 5.04. The van der Waals surface area contributed by atoms with Gasteiger partial charge < -0.3 is 5.11 Å². The minimum Gasteiger partial charge on any atom is -0.481 e. The number of carboxylic acids is 1. The van der Waals surface area contributed by atoms with Crippen molar-refractivity contribution < 1.29 is 19.7 Å². The zero-order valence-electron chi connectivity index (χ0n) is 9.37. The van der Waals surface area contributed by atoms with Gasteiger partial charge in [-0.25, -0.2) is 0 Å². The summed E-state index contributed by atoms with van der Waals surface area (Å²) in [5, 5.41) is 30.1. The highest BCUT2D eigenvalue weighted by Crippen LogP contribution is 2.23. The van der Waals surface area contributed by atoms with Crippen molar-refractivity contribution in [1.82, 2.24) is 0 Å². The molecule has 0 saturated carbocycles. The molecule has 0 bridgehead atoms. The summed E-state index contributed by atoms with van der Waals surface area (Å²) >= 11 is 0. The molecule has 0 aliphatic heterocycles. The summed E-state index contributed by atoms with van der Waals surface area (Å²) in [6.45, 7) is 2.28. The average Bonchev–Trinajstić information content (AvgIpc) is 2.22. The van der Waals surface area contributed by atoms with Gasteiger partial charge in [0, 0.05) is 6.42 Å². The molecule has 0 radical (unpaired) electrons. The maximum Gasteiger partial charge on any atom is 0.456 e. The van der Waals surface area contributed by atoms with Gasteiger partial charge in [0.1, 0.15) is 6.42 Å². The molecule has 94 valence electrons. The van der Waals surface area contributed by atoms with Crippen molar-refractivity contribution >= 4 is 5.97 Å². The highest BCUT2D eigenvalue weighted by atomic mass is 16.7. The molecular formula is C9H12N2O6. The Morgan fingerprint density at radius 2 is 1.88 bits per heavy atom. The van der Waals surface area contributed by atoms with Crippen LogP contribution in [0.5, 0.6) is 0 Å². The van der Waals surface area contributed by atoms with Crippen molar-refractivity contribution in [2.24, 2.45) is 5.92 Å². The number of nitrogens with zero attached hydrogens (tertiary/aromatic N) is 2. The van der Waals surface area contributed by atoms with Crippen LogP contribution >= 0.6 is 0 Å². The normalized spacial score (nSPS) is 12.1. The molecular weight excluding hydrogens is 232 g/mol. The van der Waals surface area contributed by atoms with E-state index in [1.54, 1.807) is 0 Å². The molecule has 0 spiro atoms. The van der Waals surface area contributed by atoms with Crippen LogP contribution in [-0.2, 0) is 4.79 Å². The van der Waals surface area contributed by atoms with Crippen molar-refractivity contribution in [3.8, 4) is 11.8 Å². The van der Waals surface area contributed by atoms with E-state index in [1.807, 2.05) is 0 Å². The molecule has 8 nitrogen and oxygen atoms in total. The van der Waals surface area contributed by atoms with Crippen LogP contribution in [0, 0.1) is 38.0 Å². The average molecular weight is 244 g/mol. The molecule has 0 aromatic carbocycles. The lowest BCUT2D eigenvalue weighted by Crippen LogP contribution is -2.45. The number of nitro groups is 2. The zero-order chi connectivity index (χ0) is 13.6. The van der Waals surface area contributed by atoms with Crippen molar-refractivity contribution in [2.75, 3.05) is 0 Å². The summed E-state index contributed by atoms with van der Waals surface area (Å²) in [7, 11) is 0. The first kappa shape index (κ1) is 14.8. The summed E-state index contributed by atoms with van der Waals surface area (Å²) < 4.78 is 0. The summed E-state index contributed by atoms with van der Waals surface area (Å²) in [6, 6.07) is 0. The Bertz CT molecular complexity index is 380. The predicted molar refractivity (Wildman–Crippen MR) is 56.2 cm³/mol. The number of carboxylic acid groups (broad SMARTS) is 1. The Morgan fingerprint density at radius 1 is 1.41 bits per heavy atom. The monoisotopic (exact) mass is 244 g/mol. The molecule has 8 heteroatoms. The molecule has 0 heterocycles. The van der Waals surface area contributed by atoms with E-state index >= 15 is 0 Å². The highest BCUT2D eigenvalue weighted by molar-refractivity contribution is 5.70. The molecule has 1 atom stereocenters. The van der Waals surface area contributed by atoms with Gasteiger partial charge in [0.15, 0.2) is 0 Å². The maximum absolute atomic E-state index is 10.8. The minimum atomic E-state index is -2.50. The van der Waals surface area contributed by atoms with Crippen molar-refractivity contribution in [3.63, 3.8) is 0 Å². The molecule has 0 fully saturated rings. The number of carbonyl (C=O) groups is 1. The lowest BCUT2D eigenvalue weighted by molar-refractivity contribution is -0.793. The maximum atomic E-state index is 10.8. The van der Waals surface area contributed by atoms with Crippen LogP contribution < -0.4 is 0 Å². The van der Waals surface area contributed by atoms with E-state index in [2.05, 4.69) is 11.8 Å². The molecule has 1 unspecified atom stereocenters. The third-order valence-corrected chi connectivity index (χ3v) is 2.29. The van der Waals surface area contributed by atoms with Crippen LogP contribution in [0.15, 0.2) is 0 Å². The van der Waals surface area contributed by atoms with Crippen LogP contribution in [0.3, 0.4) is 0 Å². The third kappa shape index (κ3) is 3.71. The third-order valence-electron chi connectivity index (χ3n) is 2.29. The Kier molecular flexibility index (Phi) is 5.05. The van der Waals surface area contributed by atoms with Gasteiger partial charge in [-0.3, -0.25) is 25.0 Å². The van der Waals surface area contributed by atoms with Gasteiger partial charge in [-0.15, -0.1) is 11.8 Å². The summed E-state index contributed by atoms with van der Waals surface area (Å²) in [5.74, 6) is 2.33. The van der Waals surface area contributed by atoms with E-state index in [9.17, 15) is 25.0 Å². The van der Waals surface area contributed by atoms with Crippen molar-refractivity contribution in [1.29, 1.82) is 0 Å². The Hall–Kier alpha value is -2.17. The molecule has 0 aliphatic carbocycles. The fraction of sp³-hybridized carbons (Fsp3) is 0.667. The molecule has 17 heavy (non-hydrogen) atoms. The second-order valence-electron chi connectivity index (χ2n) is 3.60. The molecule has 0 amide bonds. The van der Waals surface area contributed by atoms with E-state index in [-0.39, 0.29) is 6.42 Å². The van der Waals surface area contributed by atoms with Crippen LogP contribution in [0.1, 0.15) is 26.7 Å². The minimum absolute atomic E-state index is 0.150. The largest absolute Gasteiger partial charge is 0.481 e. The van der Waals surface area contributed by atoms with Crippen LogP contribution in [0.25, 0.3) is 0 Å². The highest BCUT2D eigenvalue weighted by Gasteiger charge is 2.53. The van der Waals surface area contributed by atoms with Gasteiger partial charge >= 0.3 is 11.6 Å². The first-order valence-electron chi connectivity index (χ1n) is 4.67. The fourth-order valence-electron chi connectivity index (χ4n) is 1.15. The van der Waals surface area contributed by atoms with E-state index in [0.717, 1.165) is 6.92 Å². The van der Waals surface area contributed by atoms with E-state index in [0.29, 0.717) is 0 Å². The topological polar surface area (TPSA) is 124 Å². The second-order valence-corrected chi connectivity index (χ2v) is 3.60. The van der Waals surface area contributed by atoms with Gasteiger partial charge in [-0.2, -0.15) is 0 Å². The Labute approximate surface area is 96.9 Å². The second kappa shape index (κ2) is 5.79. The van der Waals surface area contributed by atoms with Crippen molar-refractivity contribution in [3.05, 3.63) is 20.2 Å². The number of hydrogen-bond acceptors (Lipinski definition) is 5. The van der Waals surface area contributed by atoms with Gasteiger partial charge in [0.25, 0.3) is 0 Å². The van der Waals surface area contributed by atoms with Gasteiger partial charge in [-0.05, 0) is 6.92 Å². The number of rotatable bonds is 6. The predicted octanol–water partition coefficient (Wildman–Crippen LogP) is 0.760. The Morgan fingerprint density at radius 3 is 2.18 bits per heavy atom. The first-order valence-corrected chi connectivity index (χ1v) is 4.67. The summed E-state index contributed by atoms with van der Waals surface area (Å²) in [6.07, 6.45) is -0.847. The smallest absolute Gasteiger partial charge is 0.456 e. The standard InChI is InChI=1S/C9H12N2O6/c1-3-4-5-7(8(12)13)6-9(2,10(14)15)11(16)17/h7H,5-6H2,1-2H3,(H,12,13). The molecule has 1 N–H and O–H groups in total. The molecule has 0 aliphatic rings. The van der Waals surface area contributed by atoms with E-state index in [4.69, 9.17) is 5.11 Å². The lowest BCUT2D eigenvalue weighted by atomic mass is 9.94. The fourth-order valence-corrected chi connectivity index (χ4v) is 1.15. The zero-order valence-corrected chi connectivity index (χ0v) is 9.37. The number of aliphatic carboxylic acids is 1. The van der Waals surface area contributed by atoms with Crippen LogP contribution in [0.4, 0.5) is 0 Å².